The molecule has 0 aliphatic carbocycles. The average Bonchev–Trinajstić information content (AvgIpc) is 2.68. The molecule has 0 radical (unpaired) electrons. The van der Waals surface area contributed by atoms with Crippen LogP contribution >= 0.6 is 11.6 Å². The van der Waals surface area contributed by atoms with Crippen LogP contribution in [0.3, 0.4) is 0 Å². The fraction of sp³-hybridized carbons (Fsp3) is 0.0909. The first kappa shape index (κ1) is 9.93. The van der Waals surface area contributed by atoms with Gasteiger partial charge in [-0.3, -0.25) is 4.79 Å². The lowest BCUT2D eigenvalue weighted by Gasteiger charge is -1.99. The lowest BCUT2D eigenvalue weighted by Crippen LogP contribution is -1.93. The molecular weight excluding hydrogens is 212 g/mol. The summed E-state index contributed by atoms with van der Waals surface area (Å²) < 4.78 is 1.65. The summed E-state index contributed by atoms with van der Waals surface area (Å²) in [6, 6.07) is 7.26. The van der Waals surface area contributed by atoms with Crippen LogP contribution in [-0.2, 0) is 0 Å². The summed E-state index contributed by atoms with van der Waals surface area (Å²) in [5.41, 5.74) is 1.48. The molecule has 0 amide bonds. The number of nitrogens with zero attached hydrogens (tertiary/aromatic N) is 2. The first-order valence-electron chi connectivity index (χ1n) is 4.48. The van der Waals surface area contributed by atoms with Crippen molar-refractivity contribution in [2.75, 3.05) is 0 Å². The van der Waals surface area contributed by atoms with Gasteiger partial charge in [-0.25, -0.2) is 4.68 Å². The third-order valence-electron chi connectivity index (χ3n) is 2.08. The molecule has 0 fully saturated rings. The average molecular weight is 221 g/mol. The van der Waals surface area contributed by atoms with Crippen molar-refractivity contribution in [3.63, 3.8) is 0 Å². The van der Waals surface area contributed by atoms with E-state index in [0.29, 0.717) is 10.6 Å². The van der Waals surface area contributed by atoms with Gasteiger partial charge in [0, 0.05) is 11.2 Å². The number of halogens is 1. The smallest absolute Gasteiger partial charge is 0.162 e. The summed E-state index contributed by atoms with van der Waals surface area (Å²) in [4.78, 5) is 11.1. The molecule has 2 rings (SSSR count). The summed E-state index contributed by atoms with van der Waals surface area (Å²) in [5, 5.41) is 4.77. The maximum absolute atomic E-state index is 11.1. The van der Waals surface area contributed by atoms with Gasteiger partial charge in [-0.15, -0.1) is 0 Å². The van der Waals surface area contributed by atoms with E-state index in [1.807, 2.05) is 12.1 Å². The molecule has 0 aliphatic heterocycles. The SMILES string of the molecule is CC(=O)c1cnn(-c2ccc(Cl)cc2)c1. The number of rotatable bonds is 2. The Bertz CT molecular complexity index is 488. The fourth-order valence-corrected chi connectivity index (χ4v) is 1.37. The third-order valence-corrected chi connectivity index (χ3v) is 2.33. The Morgan fingerprint density at radius 3 is 2.53 bits per heavy atom. The zero-order chi connectivity index (χ0) is 10.8. The first-order chi connectivity index (χ1) is 7.16. The third kappa shape index (κ3) is 2.07. The lowest BCUT2D eigenvalue weighted by atomic mass is 10.2. The predicted molar refractivity (Wildman–Crippen MR) is 58.6 cm³/mol. The minimum absolute atomic E-state index is 0.00946. The van der Waals surface area contributed by atoms with Crippen molar-refractivity contribution >= 4 is 17.4 Å². The molecule has 0 saturated heterocycles. The number of Topliss-reactive ketones (excluding diaryl/α,β-unsaturated/α-hetero) is 1. The molecule has 0 N–H and O–H groups in total. The molecule has 0 bridgehead atoms. The van der Waals surface area contributed by atoms with E-state index in [2.05, 4.69) is 5.10 Å². The molecule has 0 saturated carbocycles. The standard InChI is InChI=1S/C11H9ClN2O/c1-8(15)9-6-13-14(7-9)11-4-2-10(12)3-5-11/h2-7H,1H3. The molecule has 0 aliphatic rings. The van der Waals surface area contributed by atoms with Crippen molar-refractivity contribution < 1.29 is 4.79 Å². The van der Waals surface area contributed by atoms with E-state index in [1.165, 1.54) is 6.92 Å². The minimum atomic E-state index is 0.00946. The van der Waals surface area contributed by atoms with Gasteiger partial charge in [-0.1, -0.05) is 11.6 Å². The van der Waals surface area contributed by atoms with Crippen LogP contribution < -0.4 is 0 Å². The number of hydrogen-bond acceptors (Lipinski definition) is 2. The molecular formula is C11H9ClN2O. The molecule has 3 nitrogen and oxygen atoms in total. The molecule has 1 heterocycles. The normalized spacial score (nSPS) is 10.3. The van der Waals surface area contributed by atoms with E-state index >= 15 is 0 Å². The largest absolute Gasteiger partial charge is 0.294 e. The summed E-state index contributed by atoms with van der Waals surface area (Å²) in [6.07, 6.45) is 3.25. The number of ketones is 1. The van der Waals surface area contributed by atoms with Gasteiger partial charge < -0.3 is 0 Å². The molecule has 0 unspecified atom stereocenters. The fourth-order valence-electron chi connectivity index (χ4n) is 1.24. The lowest BCUT2D eigenvalue weighted by molar-refractivity contribution is 0.101. The van der Waals surface area contributed by atoms with Gasteiger partial charge in [0.2, 0.25) is 0 Å². The van der Waals surface area contributed by atoms with Crippen molar-refractivity contribution in [3.8, 4) is 5.69 Å². The second kappa shape index (κ2) is 3.87. The Balaban J connectivity index is 2.37. The predicted octanol–water partition coefficient (Wildman–Crippen LogP) is 2.73. The highest BCUT2D eigenvalue weighted by atomic mass is 35.5. The van der Waals surface area contributed by atoms with Gasteiger partial charge in [-0.05, 0) is 31.2 Å². The summed E-state index contributed by atoms with van der Waals surface area (Å²) in [7, 11) is 0. The number of aromatic nitrogens is 2. The maximum Gasteiger partial charge on any atom is 0.162 e. The zero-order valence-corrected chi connectivity index (χ0v) is 8.90. The van der Waals surface area contributed by atoms with Crippen LogP contribution in [0.5, 0.6) is 0 Å². The second-order valence-corrected chi connectivity index (χ2v) is 3.64. The van der Waals surface area contributed by atoms with Crippen LogP contribution in [0, 0.1) is 0 Å². The van der Waals surface area contributed by atoms with Crippen molar-refractivity contribution in [1.82, 2.24) is 9.78 Å². The zero-order valence-electron chi connectivity index (χ0n) is 8.14. The highest BCUT2D eigenvalue weighted by molar-refractivity contribution is 6.30. The molecule has 0 spiro atoms. The van der Waals surface area contributed by atoms with Crippen molar-refractivity contribution in [3.05, 3.63) is 47.2 Å². The quantitative estimate of drug-likeness (QED) is 0.730. The summed E-state index contributed by atoms with van der Waals surface area (Å²) in [5.74, 6) is 0.00946. The molecule has 76 valence electrons. The maximum atomic E-state index is 11.1. The van der Waals surface area contributed by atoms with Crippen LogP contribution in [0.4, 0.5) is 0 Å². The van der Waals surface area contributed by atoms with Crippen LogP contribution in [0.2, 0.25) is 5.02 Å². The molecule has 15 heavy (non-hydrogen) atoms. The van der Waals surface area contributed by atoms with E-state index < -0.39 is 0 Å². The van der Waals surface area contributed by atoms with E-state index in [-0.39, 0.29) is 5.78 Å². The molecule has 4 heteroatoms. The van der Waals surface area contributed by atoms with Gasteiger partial charge in [0.05, 0.1) is 17.4 Å². The van der Waals surface area contributed by atoms with Crippen LogP contribution in [0.1, 0.15) is 17.3 Å². The van der Waals surface area contributed by atoms with E-state index in [0.717, 1.165) is 5.69 Å². The highest BCUT2D eigenvalue weighted by Gasteiger charge is 2.03. The first-order valence-corrected chi connectivity index (χ1v) is 4.86. The van der Waals surface area contributed by atoms with Gasteiger partial charge >= 0.3 is 0 Å². The molecule has 2 aromatic rings. The number of carbonyl (C=O) groups excluding carboxylic acids is 1. The van der Waals surface area contributed by atoms with Gasteiger partial charge in [0.1, 0.15) is 0 Å². The van der Waals surface area contributed by atoms with Gasteiger partial charge in [0.25, 0.3) is 0 Å². The van der Waals surface area contributed by atoms with Gasteiger partial charge in [0.15, 0.2) is 5.78 Å². The van der Waals surface area contributed by atoms with Crippen molar-refractivity contribution in [2.24, 2.45) is 0 Å². The Morgan fingerprint density at radius 1 is 1.33 bits per heavy atom. The molecule has 1 aromatic heterocycles. The minimum Gasteiger partial charge on any atom is -0.294 e. The summed E-state index contributed by atoms with van der Waals surface area (Å²) >= 11 is 5.77. The Morgan fingerprint density at radius 2 is 2.00 bits per heavy atom. The van der Waals surface area contributed by atoms with Crippen molar-refractivity contribution in [1.29, 1.82) is 0 Å². The van der Waals surface area contributed by atoms with Crippen LogP contribution in [-0.4, -0.2) is 15.6 Å². The second-order valence-electron chi connectivity index (χ2n) is 3.21. The van der Waals surface area contributed by atoms with E-state index in [1.54, 1.807) is 29.2 Å². The van der Waals surface area contributed by atoms with Crippen molar-refractivity contribution in [2.45, 2.75) is 6.92 Å². The topological polar surface area (TPSA) is 34.9 Å². The van der Waals surface area contributed by atoms with E-state index in [9.17, 15) is 4.79 Å². The Hall–Kier alpha value is -1.61. The number of hydrogen-bond donors (Lipinski definition) is 0. The molecule has 1 aromatic carbocycles. The van der Waals surface area contributed by atoms with E-state index in [4.69, 9.17) is 11.6 Å². The monoisotopic (exact) mass is 220 g/mol. The number of carbonyl (C=O) groups is 1. The molecule has 0 atom stereocenters. The number of benzene rings is 1. The van der Waals surface area contributed by atoms with Crippen LogP contribution in [0.25, 0.3) is 5.69 Å². The highest BCUT2D eigenvalue weighted by Crippen LogP contribution is 2.13. The Labute approximate surface area is 92.3 Å². The van der Waals surface area contributed by atoms with Crippen LogP contribution in [0.15, 0.2) is 36.7 Å². The Kier molecular flexibility index (Phi) is 2.56. The summed E-state index contributed by atoms with van der Waals surface area (Å²) in [6.45, 7) is 1.52. The van der Waals surface area contributed by atoms with Gasteiger partial charge in [-0.2, -0.15) is 5.10 Å².